The number of para-hydroxylation sites is 1. The maximum absolute atomic E-state index is 13.6. The Morgan fingerprint density at radius 1 is 0.939 bits per heavy atom. The molecule has 2 atom stereocenters. The van der Waals surface area contributed by atoms with Crippen LogP contribution in [0.1, 0.15) is 92.4 Å². The summed E-state index contributed by atoms with van der Waals surface area (Å²) in [5, 5.41) is 0.663. The molecule has 2 unspecified atom stereocenters. The second-order valence-electron chi connectivity index (χ2n) is 9.64. The van der Waals surface area contributed by atoms with Crippen molar-refractivity contribution in [1.82, 2.24) is 3.82 Å². The molecule has 188 valence electrons. The number of rotatable bonds is 15. The average Bonchev–Trinajstić information content (AvgIpc) is 2.75. The summed E-state index contributed by atoms with van der Waals surface area (Å²) in [5.74, 6) is -1.57. The highest BCUT2D eigenvalue weighted by molar-refractivity contribution is 7.92. The van der Waals surface area contributed by atoms with E-state index < -0.39 is 38.4 Å². The van der Waals surface area contributed by atoms with E-state index in [0.29, 0.717) is 18.5 Å². The van der Waals surface area contributed by atoms with Crippen LogP contribution in [-0.2, 0) is 19.6 Å². The molecular weight excluding hydrogens is 460 g/mol. The molecule has 0 spiro atoms. The molecule has 1 N–H and O–H groups in total. The molecule has 6 nitrogen and oxygen atoms in total. The standard InChI is InChI=1S/C25H41ClN2O4S/c1-6-8-10-11-15-19-21(18-9-7-2)28(26)33(31,32)22(23(29)25(3,4)5)24(30)27-20-16-13-12-14-17-20/h12-14,16-17,21-22H,6-11,15,18-19H2,1-5H3,(H,27,30). The highest BCUT2D eigenvalue weighted by atomic mass is 35.5. The van der Waals surface area contributed by atoms with Gasteiger partial charge >= 0.3 is 0 Å². The smallest absolute Gasteiger partial charge is 0.251 e. The minimum absolute atomic E-state index is 0.420. The van der Waals surface area contributed by atoms with Gasteiger partial charge in [-0.15, -0.1) is 3.82 Å². The Morgan fingerprint density at radius 2 is 1.48 bits per heavy atom. The Hall–Kier alpha value is -1.44. The quantitative estimate of drug-likeness (QED) is 0.173. The van der Waals surface area contributed by atoms with Crippen molar-refractivity contribution < 1.29 is 18.0 Å². The average molecular weight is 501 g/mol. The molecule has 33 heavy (non-hydrogen) atoms. The summed E-state index contributed by atoms with van der Waals surface area (Å²) >= 11 is 6.46. The summed E-state index contributed by atoms with van der Waals surface area (Å²) in [4.78, 5) is 26.3. The maximum Gasteiger partial charge on any atom is 0.251 e. The molecule has 0 saturated heterocycles. The summed E-state index contributed by atoms with van der Waals surface area (Å²) in [5.41, 5.74) is -0.619. The van der Waals surface area contributed by atoms with Gasteiger partial charge in [-0.05, 0) is 36.8 Å². The van der Waals surface area contributed by atoms with E-state index >= 15 is 0 Å². The molecule has 1 aromatic rings. The minimum atomic E-state index is -4.44. The number of nitrogens with one attached hydrogen (secondary N) is 1. The molecule has 0 aliphatic rings. The summed E-state index contributed by atoms with van der Waals surface area (Å²) in [6.07, 6.45) is 8.11. The highest BCUT2D eigenvalue weighted by Crippen LogP contribution is 2.29. The van der Waals surface area contributed by atoms with Crippen LogP contribution in [0.5, 0.6) is 0 Å². The fraction of sp³-hybridized carbons (Fsp3) is 0.680. The Kier molecular flexibility index (Phi) is 12.6. The number of carbonyl (C=O) groups excluding carboxylic acids is 2. The summed E-state index contributed by atoms with van der Waals surface area (Å²) < 4.78 is 28.0. The third-order valence-corrected chi connectivity index (χ3v) is 8.28. The Labute approximate surface area is 205 Å². The van der Waals surface area contributed by atoms with E-state index in [9.17, 15) is 18.0 Å². The van der Waals surface area contributed by atoms with Crippen LogP contribution < -0.4 is 5.32 Å². The van der Waals surface area contributed by atoms with Crippen molar-refractivity contribution in [1.29, 1.82) is 0 Å². The number of halogens is 1. The number of hydrogen-bond donors (Lipinski definition) is 1. The maximum atomic E-state index is 13.6. The van der Waals surface area contributed by atoms with Crippen LogP contribution in [0.3, 0.4) is 0 Å². The number of unbranched alkanes of at least 4 members (excludes halogenated alkanes) is 5. The fourth-order valence-corrected chi connectivity index (χ4v) is 5.81. The summed E-state index contributed by atoms with van der Waals surface area (Å²) in [7, 11) is -4.44. The van der Waals surface area contributed by atoms with Gasteiger partial charge in [-0.2, -0.15) is 0 Å². The second-order valence-corrected chi connectivity index (χ2v) is 12.1. The predicted molar refractivity (Wildman–Crippen MR) is 137 cm³/mol. The van der Waals surface area contributed by atoms with E-state index in [1.54, 1.807) is 51.1 Å². The molecule has 1 rings (SSSR count). The lowest BCUT2D eigenvalue weighted by atomic mass is 9.88. The number of benzene rings is 1. The molecule has 0 aromatic heterocycles. The van der Waals surface area contributed by atoms with E-state index in [1.165, 1.54) is 0 Å². The van der Waals surface area contributed by atoms with E-state index in [4.69, 9.17) is 11.8 Å². The van der Waals surface area contributed by atoms with Gasteiger partial charge in [0.1, 0.15) is 0 Å². The SMILES string of the molecule is CCCCCCCC(CCCC)N(Cl)S(=O)(=O)C(C(=O)Nc1ccccc1)C(=O)C(C)(C)C. The molecule has 1 amide bonds. The lowest BCUT2D eigenvalue weighted by Crippen LogP contribution is -2.52. The first kappa shape index (κ1) is 29.6. The number of sulfonamides is 1. The van der Waals surface area contributed by atoms with E-state index in [0.717, 1.165) is 48.8 Å². The molecule has 0 saturated carbocycles. The van der Waals surface area contributed by atoms with Crippen LogP contribution in [0.4, 0.5) is 5.69 Å². The molecule has 8 heteroatoms. The zero-order chi connectivity index (χ0) is 25.1. The zero-order valence-electron chi connectivity index (χ0n) is 20.8. The summed E-state index contributed by atoms with van der Waals surface area (Å²) in [6.45, 7) is 8.99. The van der Waals surface area contributed by atoms with Crippen molar-refractivity contribution in [2.24, 2.45) is 5.41 Å². The minimum Gasteiger partial charge on any atom is -0.325 e. The molecule has 0 radical (unpaired) electrons. The third kappa shape index (κ3) is 9.38. The topological polar surface area (TPSA) is 83.6 Å². The normalized spacial score (nSPS) is 14.2. The van der Waals surface area contributed by atoms with Crippen molar-refractivity contribution >= 4 is 39.2 Å². The van der Waals surface area contributed by atoms with Crippen molar-refractivity contribution in [2.45, 2.75) is 104 Å². The van der Waals surface area contributed by atoms with Gasteiger partial charge < -0.3 is 5.32 Å². The lowest BCUT2D eigenvalue weighted by Gasteiger charge is -2.30. The van der Waals surface area contributed by atoms with Crippen LogP contribution in [0, 0.1) is 5.41 Å². The van der Waals surface area contributed by atoms with Crippen molar-refractivity contribution in [3.8, 4) is 0 Å². The van der Waals surface area contributed by atoms with Crippen molar-refractivity contribution in [3.05, 3.63) is 30.3 Å². The number of anilines is 1. The molecule has 0 aliphatic heterocycles. The fourth-order valence-electron chi connectivity index (χ4n) is 3.59. The van der Waals surface area contributed by atoms with Gasteiger partial charge in [-0.25, -0.2) is 8.42 Å². The van der Waals surface area contributed by atoms with Gasteiger partial charge in [-0.1, -0.05) is 97.8 Å². The second kappa shape index (κ2) is 14.1. The number of Topliss-reactive ketones (excluding diaryl/α,β-unsaturated/α-hetero) is 1. The van der Waals surface area contributed by atoms with Gasteiger partial charge in [0.25, 0.3) is 5.91 Å². The van der Waals surface area contributed by atoms with E-state index in [1.807, 2.05) is 6.92 Å². The van der Waals surface area contributed by atoms with Crippen molar-refractivity contribution in [3.63, 3.8) is 0 Å². The highest BCUT2D eigenvalue weighted by Gasteiger charge is 2.48. The lowest BCUT2D eigenvalue weighted by molar-refractivity contribution is -0.130. The van der Waals surface area contributed by atoms with Crippen molar-refractivity contribution in [2.75, 3.05) is 5.32 Å². The van der Waals surface area contributed by atoms with E-state index in [2.05, 4.69) is 12.2 Å². The van der Waals surface area contributed by atoms with Gasteiger partial charge in [0.05, 0.1) is 0 Å². The molecular formula is C25H41ClN2O4S. The number of nitrogens with zero attached hydrogens (tertiary/aromatic N) is 1. The van der Waals surface area contributed by atoms with Crippen LogP contribution in [0.15, 0.2) is 30.3 Å². The van der Waals surface area contributed by atoms with Crippen LogP contribution in [0.2, 0.25) is 0 Å². The Bertz CT molecular complexity index is 838. The molecule has 0 bridgehead atoms. The third-order valence-electron chi connectivity index (χ3n) is 5.62. The molecule has 1 aromatic carbocycles. The largest absolute Gasteiger partial charge is 0.325 e. The van der Waals surface area contributed by atoms with Gasteiger partial charge in [-0.3, -0.25) is 9.59 Å². The van der Waals surface area contributed by atoms with Crippen LogP contribution >= 0.6 is 11.8 Å². The molecule has 0 heterocycles. The first-order valence-electron chi connectivity index (χ1n) is 12.1. The van der Waals surface area contributed by atoms with Gasteiger partial charge in [0.2, 0.25) is 15.3 Å². The number of hydrogen-bond acceptors (Lipinski definition) is 4. The Balaban J connectivity index is 3.20. The number of carbonyl (C=O) groups is 2. The first-order chi connectivity index (χ1) is 15.5. The predicted octanol–water partition coefficient (Wildman–Crippen LogP) is 6.31. The monoisotopic (exact) mass is 500 g/mol. The first-order valence-corrected chi connectivity index (χ1v) is 13.9. The van der Waals surface area contributed by atoms with Crippen LogP contribution in [0.25, 0.3) is 0 Å². The summed E-state index contributed by atoms with van der Waals surface area (Å²) in [6, 6.07) is 8.04. The van der Waals surface area contributed by atoms with E-state index in [-0.39, 0.29) is 0 Å². The van der Waals surface area contributed by atoms with Crippen LogP contribution in [-0.4, -0.2) is 35.2 Å². The van der Waals surface area contributed by atoms with Gasteiger partial charge in [0.15, 0.2) is 5.78 Å². The molecule has 0 fully saturated rings. The zero-order valence-corrected chi connectivity index (χ0v) is 22.3. The number of amides is 1. The van der Waals surface area contributed by atoms with Gasteiger partial charge in [0, 0.05) is 17.1 Å². The Morgan fingerprint density at radius 3 is 2.03 bits per heavy atom. The molecule has 0 aliphatic carbocycles. The number of ketones is 1.